The topological polar surface area (TPSA) is 166 Å². The van der Waals surface area contributed by atoms with Crippen LogP contribution in [0.5, 0.6) is 0 Å². The third kappa shape index (κ3) is 13.0. The number of hydrogen-bond acceptors (Lipinski definition) is 7. The van der Waals surface area contributed by atoms with E-state index >= 15 is 0 Å². The molecule has 0 unspecified atom stereocenters. The van der Waals surface area contributed by atoms with Gasteiger partial charge in [-0.2, -0.15) is 13.2 Å². The molecule has 0 aliphatic heterocycles. The first-order chi connectivity index (χ1) is 24.4. The quantitative estimate of drug-likeness (QED) is 0.141. The van der Waals surface area contributed by atoms with Gasteiger partial charge in [-0.05, 0) is 56.5 Å². The van der Waals surface area contributed by atoms with E-state index in [2.05, 4.69) is 26.6 Å². The van der Waals surface area contributed by atoms with Crippen molar-refractivity contribution in [1.82, 2.24) is 26.6 Å². The van der Waals surface area contributed by atoms with E-state index in [1.54, 1.807) is 19.1 Å². The number of carbonyl (C=O) groups is 4. The summed E-state index contributed by atoms with van der Waals surface area (Å²) in [5.74, 6) is -3.04. The zero-order valence-corrected chi connectivity index (χ0v) is 30.4. The first kappa shape index (κ1) is 41.5. The fourth-order valence-electron chi connectivity index (χ4n) is 5.14. The predicted octanol–water partition coefficient (Wildman–Crippen LogP) is 3.47. The summed E-state index contributed by atoms with van der Waals surface area (Å²) in [6.45, 7) is 4.77. The Hall–Kier alpha value is -4.96. The van der Waals surface area contributed by atoms with E-state index in [9.17, 15) is 40.8 Å². The lowest BCUT2D eigenvalue weighted by Crippen LogP contribution is -2.55. The van der Waals surface area contributed by atoms with Crippen LogP contribution >= 0.6 is 0 Å². The highest BCUT2D eigenvalue weighted by Gasteiger charge is 2.36. The Morgan fingerprint density at radius 3 is 1.90 bits per heavy atom. The van der Waals surface area contributed by atoms with E-state index in [0.29, 0.717) is 0 Å². The minimum Gasteiger partial charge on any atom is -0.355 e. The maximum absolute atomic E-state index is 13.8. The van der Waals surface area contributed by atoms with Gasteiger partial charge in [-0.3, -0.25) is 23.5 Å². The zero-order chi connectivity index (χ0) is 38.6. The number of rotatable bonds is 17. The molecule has 3 aromatic carbocycles. The molecule has 0 heterocycles. The third-order valence-electron chi connectivity index (χ3n) is 8.09. The number of nitrogens with zero attached hydrogens (tertiary/aromatic N) is 1. The Bertz CT molecular complexity index is 1790. The van der Waals surface area contributed by atoms with Crippen molar-refractivity contribution in [3.05, 3.63) is 101 Å². The van der Waals surface area contributed by atoms with Crippen LogP contribution in [0.3, 0.4) is 0 Å². The molecule has 0 fully saturated rings. The van der Waals surface area contributed by atoms with Crippen LogP contribution in [0, 0.1) is 0 Å². The van der Waals surface area contributed by atoms with Gasteiger partial charge in [-0.25, -0.2) is 8.42 Å². The Kier molecular flexibility index (Phi) is 14.8. The summed E-state index contributed by atoms with van der Waals surface area (Å²) in [7, 11) is -2.50. The van der Waals surface area contributed by atoms with Crippen molar-refractivity contribution in [1.29, 1.82) is 0 Å². The number of nitrogens with one attached hydrogen (secondary N) is 5. The number of likely N-dealkylation sites (N-methyl/N-ethyl adjacent to an activating group) is 1. The number of hydrogen-bond donors (Lipinski definition) is 5. The molecule has 0 aromatic heterocycles. The standard InChI is InChI=1S/C36H45F3N6O6S/c1-6-40-35(49)31(21-36(37,38)39)44-32(46)24(3)41-22-29(17-25-13-9-7-10-14-25)43-34(48)28-18-27(19-30(20-28)45(4)52(5,50)51)33(47)42-23(2)26-15-11-8-12-16-26/h7-16,18-20,23-24,29,31,41H,6,17,21-22H2,1-5H3,(H,40,49)(H,42,47)(H,43,48)(H,44,46)/t23-,24+,29+,31+/m1/s1. The molecular weight excluding hydrogens is 701 g/mol. The van der Waals surface area contributed by atoms with Gasteiger partial charge in [0.05, 0.1) is 30.4 Å². The number of sulfonamides is 1. The van der Waals surface area contributed by atoms with Crippen LogP contribution in [-0.2, 0) is 26.0 Å². The Morgan fingerprint density at radius 2 is 1.37 bits per heavy atom. The van der Waals surface area contributed by atoms with Crippen LogP contribution < -0.4 is 30.9 Å². The maximum Gasteiger partial charge on any atom is 0.391 e. The molecule has 4 amide bonds. The van der Waals surface area contributed by atoms with Gasteiger partial charge in [0.25, 0.3) is 11.8 Å². The van der Waals surface area contributed by atoms with Crippen molar-refractivity contribution in [3.63, 3.8) is 0 Å². The van der Waals surface area contributed by atoms with Gasteiger partial charge in [0.2, 0.25) is 21.8 Å². The maximum atomic E-state index is 13.8. The average Bonchev–Trinajstić information content (AvgIpc) is 3.09. The van der Waals surface area contributed by atoms with E-state index in [1.807, 2.05) is 48.5 Å². The molecule has 3 aromatic rings. The van der Waals surface area contributed by atoms with Crippen LogP contribution in [0.25, 0.3) is 0 Å². The van der Waals surface area contributed by atoms with Crippen LogP contribution in [0.4, 0.5) is 18.9 Å². The summed E-state index contributed by atoms with van der Waals surface area (Å²) in [6.07, 6.45) is -5.02. The molecule has 0 radical (unpaired) electrons. The van der Waals surface area contributed by atoms with Crippen LogP contribution in [0.15, 0.2) is 78.9 Å². The smallest absolute Gasteiger partial charge is 0.355 e. The molecule has 3 rings (SSSR count). The number of halogens is 3. The first-order valence-electron chi connectivity index (χ1n) is 16.6. The molecule has 0 spiro atoms. The third-order valence-corrected chi connectivity index (χ3v) is 9.30. The highest BCUT2D eigenvalue weighted by molar-refractivity contribution is 7.92. The van der Waals surface area contributed by atoms with Crippen LogP contribution in [0.1, 0.15) is 65.1 Å². The van der Waals surface area contributed by atoms with Gasteiger partial charge in [0.15, 0.2) is 0 Å². The molecule has 282 valence electrons. The van der Waals surface area contributed by atoms with Crippen LogP contribution in [-0.4, -0.2) is 82.7 Å². The largest absolute Gasteiger partial charge is 0.391 e. The lowest BCUT2D eigenvalue weighted by atomic mass is 10.0. The van der Waals surface area contributed by atoms with Gasteiger partial charge in [0.1, 0.15) is 6.04 Å². The zero-order valence-electron chi connectivity index (χ0n) is 29.6. The van der Waals surface area contributed by atoms with E-state index in [1.165, 1.54) is 39.1 Å². The predicted molar refractivity (Wildman–Crippen MR) is 192 cm³/mol. The number of alkyl halides is 3. The Labute approximate surface area is 302 Å². The van der Waals surface area contributed by atoms with Gasteiger partial charge in [-0.15, -0.1) is 0 Å². The van der Waals surface area contributed by atoms with Gasteiger partial charge in [0, 0.05) is 37.3 Å². The van der Waals surface area contributed by atoms with E-state index < -0.39 is 70.4 Å². The number of anilines is 1. The summed E-state index contributed by atoms with van der Waals surface area (Å²) >= 11 is 0. The fourth-order valence-corrected chi connectivity index (χ4v) is 5.63. The molecule has 12 nitrogen and oxygen atoms in total. The number of carbonyl (C=O) groups excluding carboxylic acids is 4. The average molecular weight is 747 g/mol. The van der Waals surface area contributed by atoms with Gasteiger partial charge < -0.3 is 26.6 Å². The molecule has 0 aliphatic carbocycles. The summed E-state index contributed by atoms with van der Waals surface area (Å²) in [6, 6.07) is 18.2. The highest BCUT2D eigenvalue weighted by atomic mass is 32.2. The van der Waals surface area contributed by atoms with Crippen molar-refractivity contribution in [2.75, 3.05) is 30.7 Å². The van der Waals surface area contributed by atoms with Crippen molar-refractivity contribution in [3.8, 4) is 0 Å². The van der Waals surface area contributed by atoms with E-state index in [-0.39, 0.29) is 36.3 Å². The van der Waals surface area contributed by atoms with Crippen molar-refractivity contribution in [2.45, 2.75) is 64.0 Å². The molecule has 4 atom stereocenters. The lowest BCUT2D eigenvalue weighted by molar-refractivity contribution is -0.151. The van der Waals surface area contributed by atoms with Crippen molar-refractivity contribution >= 4 is 39.3 Å². The van der Waals surface area contributed by atoms with Crippen molar-refractivity contribution < 1.29 is 40.8 Å². The van der Waals surface area contributed by atoms with Crippen molar-refractivity contribution in [2.24, 2.45) is 0 Å². The summed E-state index contributed by atoms with van der Waals surface area (Å²) in [5.41, 5.74) is 1.72. The van der Waals surface area contributed by atoms with E-state index in [0.717, 1.165) is 21.7 Å². The number of amides is 4. The highest BCUT2D eigenvalue weighted by Crippen LogP contribution is 2.23. The second-order valence-electron chi connectivity index (χ2n) is 12.4. The SMILES string of the molecule is CCNC(=O)[C@H](CC(F)(F)F)NC(=O)[C@H](C)NC[C@H](Cc1ccccc1)NC(=O)c1cc(C(=O)N[C@H](C)c2ccccc2)cc(N(C)S(C)(=O)=O)c1. The molecule has 52 heavy (non-hydrogen) atoms. The minimum atomic E-state index is -4.71. The molecule has 5 N–H and O–H groups in total. The molecule has 0 bridgehead atoms. The first-order valence-corrected chi connectivity index (χ1v) is 18.4. The molecular formula is C36H45F3N6O6S. The second-order valence-corrected chi connectivity index (χ2v) is 14.4. The molecule has 0 aliphatic rings. The van der Waals surface area contributed by atoms with Gasteiger partial charge >= 0.3 is 6.18 Å². The van der Waals surface area contributed by atoms with Crippen LogP contribution in [0.2, 0.25) is 0 Å². The normalized spacial score (nSPS) is 13.9. The Balaban J connectivity index is 1.86. The minimum absolute atomic E-state index is 0.0219. The fraction of sp³-hybridized carbons (Fsp3) is 0.389. The Morgan fingerprint density at radius 1 is 0.808 bits per heavy atom. The second kappa shape index (κ2) is 18.5. The van der Waals surface area contributed by atoms with Gasteiger partial charge in [-0.1, -0.05) is 60.7 Å². The number of benzene rings is 3. The van der Waals surface area contributed by atoms with E-state index in [4.69, 9.17) is 0 Å². The summed E-state index contributed by atoms with van der Waals surface area (Å²) in [4.78, 5) is 52.4. The molecule has 16 heteroatoms. The summed E-state index contributed by atoms with van der Waals surface area (Å²) < 4.78 is 65.3. The summed E-state index contributed by atoms with van der Waals surface area (Å²) in [5, 5.41) is 13.1. The molecule has 0 saturated heterocycles. The molecule has 0 saturated carbocycles. The lowest BCUT2D eigenvalue weighted by Gasteiger charge is -2.25. The monoisotopic (exact) mass is 746 g/mol.